The lowest BCUT2D eigenvalue weighted by Gasteiger charge is -2.24. The number of rotatable bonds is 8. The summed E-state index contributed by atoms with van der Waals surface area (Å²) >= 11 is 0. The molecular formula is C27H28N4O6. The van der Waals surface area contributed by atoms with Gasteiger partial charge in [-0.2, -0.15) is 0 Å². The first-order valence-electron chi connectivity index (χ1n) is 12.1. The highest BCUT2D eigenvalue weighted by Crippen LogP contribution is 2.35. The van der Waals surface area contributed by atoms with Crippen molar-refractivity contribution in [1.29, 1.82) is 0 Å². The predicted octanol–water partition coefficient (Wildman–Crippen LogP) is 2.20. The molecule has 10 nitrogen and oxygen atoms in total. The van der Waals surface area contributed by atoms with Crippen molar-refractivity contribution >= 4 is 17.7 Å². The number of nitrogens with one attached hydrogen (secondary N) is 3. The third kappa shape index (κ3) is 5.82. The molecule has 3 heterocycles. The molecule has 1 atom stereocenters. The van der Waals surface area contributed by atoms with Crippen LogP contribution in [0, 0.1) is 0 Å². The number of nitrogens with zero attached hydrogens (tertiary/aromatic N) is 1. The maximum absolute atomic E-state index is 13.1. The molecule has 3 N–H and O–H groups in total. The predicted molar refractivity (Wildman–Crippen MR) is 133 cm³/mol. The van der Waals surface area contributed by atoms with Crippen LogP contribution in [0.25, 0.3) is 0 Å². The highest BCUT2D eigenvalue weighted by Gasteiger charge is 2.52. The summed E-state index contributed by atoms with van der Waals surface area (Å²) in [6.45, 7) is 0.963. The first-order valence-corrected chi connectivity index (χ1v) is 12.1. The minimum Gasteiger partial charge on any atom is -0.457 e. The molecule has 192 valence electrons. The molecule has 2 saturated heterocycles. The Kier molecular flexibility index (Phi) is 7.20. The van der Waals surface area contributed by atoms with Gasteiger partial charge in [-0.05, 0) is 48.5 Å². The molecule has 37 heavy (non-hydrogen) atoms. The molecule has 0 aliphatic carbocycles. The van der Waals surface area contributed by atoms with Gasteiger partial charge in [0.2, 0.25) is 11.8 Å². The molecule has 2 fully saturated rings. The minimum atomic E-state index is -0.997. The fourth-order valence-electron chi connectivity index (χ4n) is 4.48. The van der Waals surface area contributed by atoms with E-state index in [4.69, 9.17) is 14.2 Å². The molecule has 0 unspecified atom stereocenters. The zero-order valence-electron chi connectivity index (χ0n) is 20.1. The number of benzene rings is 2. The summed E-state index contributed by atoms with van der Waals surface area (Å²) in [4.78, 5) is 43.2. The van der Waals surface area contributed by atoms with Gasteiger partial charge in [-0.25, -0.2) is 0 Å². The van der Waals surface area contributed by atoms with Gasteiger partial charge in [0.1, 0.15) is 17.5 Å². The smallest absolute Gasteiger partial charge is 0.251 e. The molecule has 2 aliphatic heterocycles. The highest BCUT2D eigenvalue weighted by atomic mass is 16.7. The molecule has 0 bridgehead atoms. The van der Waals surface area contributed by atoms with Gasteiger partial charge >= 0.3 is 0 Å². The Hall–Kier alpha value is -4.15. The van der Waals surface area contributed by atoms with E-state index in [0.29, 0.717) is 36.8 Å². The van der Waals surface area contributed by atoms with Crippen LogP contribution >= 0.6 is 0 Å². The summed E-state index contributed by atoms with van der Waals surface area (Å²) in [5.74, 6) is -0.827. The molecule has 2 aliphatic rings. The number of carbonyl (C=O) groups excluding carboxylic acids is 3. The molecule has 5 rings (SSSR count). The van der Waals surface area contributed by atoms with Crippen molar-refractivity contribution in [1.82, 2.24) is 20.5 Å². The van der Waals surface area contributed by atoms with Crippen LogP contribution < -0.4 is 15.4 Å². The van der Waals surface area contributed by atoms with Gasteiger partial charge in [-0.1, -0.05) is 18.2 Å². The molecule has 3 amide bonds. The maximum Gasteiger partial charge on any atom is 0.251 e. The molecule has 10 heteroatoms. The van der Waals surface area contributed by atoms with Crippen LogP contribution in [0.2, 0.25) is 0 Å². The highest BCUT2D eigenvalue weighted by molar-refractivity contribution is 5.97. The van der Waals surface area contributed by atoms with Crippen molar-refractivity contribution in [2.45, 2.75) is 24.8 Å². The number of para-hydroxylation sites is 1. The number of aromatic nitrogens is 1. The second-order valence-corrected chi connectivity index (χ2v) is 8.88. The van der Waals surface area contributed by atoms with Crippen LogP contribution in [0.4, 0.5) is 0 Å². The Balaban J connectivity index is 1.18. The van der Waals surface area contributed by atoms with Crippen molar-refractivity contribution in [2.24, 2.45) is 0 Å². The van der Waals surface area contributed by atoms with Crippen molar-refractivity contribution in [3.63, 3.8) is 0 Å². The number of amides is 3. The molecule has 0 saturated carbocycles. The van der Waals surface area contributed by atoms with Crippen molar-refractivity contribution < 1.29 is 28.6 Å². The van der Waals surface area contributed by atoms with E-state index < -0.39 is 23.6 Å². The van der Waals surface area contributed by atoms with Gasteiger partial charge in [0, 0.05) is 23.9 Å². The fourth-order valence-corrected chi connectivity index (χ4v) is 4.48. The average Bonchev–Trinajstić information content (AvgIpc) is 3.69. The van der Waals surface area contributed by atoms with Crippen LogP contribution in [0.1, 0.15) is 22.5 Å². The maximum atomic E-state index is 13.1. The van der Waals surface area contributed by atoms with E-state index in [2.05, 4.69) is 15.6 Å². The number of hydrogen-bond acceptors (Lipinski definition) is 6. The molecule has 0 radical (unpaired) electrons. The van der Waals surface area contributed by atoms with Crippen LogP contribution in [0.15, 0.2) is 72.9 Å². The second-order valence-electron chi connectivity index (χ2n) is 8.88. The quantitative estimate of drug-likeness (QED) is 0.432. The minimum absolute atomic E-state index is 0.119. The number of carbonyl (C=O) groups is 3. The van der Waals surface area contributed by atoms with E-state index in [0.717, 1.165) is 5.69 Å². The second kappa shape index (κ2) is 10.9. The third-order valence-electron chi connectivity index (χ3n) is 6.34. The van der Waals surface area contributed by atoms with Gasteiger partial charge in [-0.3, -0.25) is 14.4 Å². The van der Waals surface area contributed by atoms with E-state index >= 15 is 0 Å². The molecule has 1 spiro atoms. The summed E-state index contributed by atoms with van der Waals surface area (Å²) in [5.41, 5.74) is 1.23. The lowest BCUT2D eigenvalue weighted by atomic mass is 10.1. The van der Waals surface area contributed by atoms with E-state index in [-0.39, 0.29) is 25.4 Å². The molecular weight excluding hydrogens is 476 g/mol. The Morgan fingerprint density at radius 1 is 0.946 bits per heavy atom. The summed E-state index contributed by atoms with van der Waals surface area (Å²) in [6, 6.07) is 18.9. The van der Waals surface area contributed by atoms with Crippen LogP contribution in [-0.4, -0.2) is 65.7 Å². The van der Waals surface area contributed by atoms with Gasteiger partial charge in [0.25, 0.3) is 5.91 Å². The summed E-state index contributed by atoms with van der Waals surface area (Å²) in [7, 11) is 0. The van der Waals surface area contributed by atoms with Gasteiger partial charge in [-0.15, -0.1) is 0 Å². The third-order valence-corrected chi connectivity index (χ3v) is 6.34. The van der Waals surface area contributed by atoms with E-state index in [1.165, 1.54) is 4.90 Å². The van der Waals surface area contributed by atoms with Gasteiger partial charge in [0.15, 0.2) is 5.79 Å². The Labute approximate surface area is 213 Å². The van der Waals surface area contributed by atoms with Gasteiger partial charge < -0.3 is 34.7 Å². The Morgan fingerprint density at radius 3 is 2.38 bits per heavy atom. The summed E-state index contributed by atoms with van der Waals surface area (Å²) < 4.78 is 17.3. The number of aromatic amines is 1. The zero-order valence-corrected chi connectivity index (χ0v) is 20.1. The zero-order chi connectivity index (χ0) is 25.7. The Bertz CT molecular complexity index is 1220. The normalized spacial score (nSPS) is 18.1. The SMILES string of the molecule is O=C(NCC(=O)N1CC2(C[C@H]1C(=O)NCc1ccc[nH]1)OCCO2)c1ccc(Oc2ccccc2)cc1. The van der Waals surface area contributed by atoms with Crippen LogP contribution in [-0.2, 0) is 25.6 Å². The summed E-state index contributed by atoms with van der Waals surface area (Å²) in [5, 5.41) is 5.51. The van der Waals surface area contributed by atoms with Crippen LogP contribution in [0.5, 0.6) is 11.5 Å². The summed E-state index contributed by atoms with van der Waals surface area (Å²) in [6.07, 6.45) is 2.00. The number of likely N-dealkylation sites (tertiary alicyclic amines) is 1. The number of hydrogen-bond donors (Lipinski definition) is 3. The van der Waals surface area contributed by atoms with Crippen molar-refractivity contribution in [3.8, 4) is 11.5 Å². The topological polar surface area (TPSA) is 122 Å². The van der Waals surface area contributed by atoms with E-state index in [1.807, 2.05) is 42.5 Å². The first kappa shape index (κ1) is 24.5. The largest absolute Gasteiger partial charge is 0.457 e. The molecule has 3 aromatic rings. The lowest BCUT2D eigenvalue weighted by Crippen LogP contribution is -2.49. The van der Waals surface area contributed by atoms with Gasteiger partial charge in [0.05, 0.1) is 32.8 Å². The monoisotopic (exact) mass is 504 g/mol. The average molecular weight is 505 g/mol. The van der Waals surface area contributed by atoms with E-state index in [1.54, 1.807) is 30.5 Å². The first-order chi connectivity index (χ1) is 18.0. The standard InChI is InChI=1S/C27H28N4O6/c32-24(17-30-25(33)19-8-10-22(11-9-19)37-21-6-2-1-3-7-21)31-18-27(35-13-14-36-27)15-23(31)26(34)29-16-20-5-4-12-28-20/h1-12,23,28H,13-18H2,(H,29,34)(H,30,33)/t23-/m0/s1. The number of ether oxygens (including phenoxy) is 3. The number of H-pyrrole nitrogens is 1. The van der Waals surface area contributed by atoms with Crippen LogP contribution in [0.3, 0.4) is 0 Å². The Morgan fingerprint density at radius 2 is 1.68 bits per heavy atom. The fraction of sp³-hybridized carbons (Fsp3) is 0.296. The molecule has 2 aromatic carbocycles. The van der Waals surface area contributed by atoms with E-state index in [9.17, 15) is 14.4 Å². The van der Waals surface area contributed by atoms with Crippen molar-refractivity contribution in [2.75, 3.05) is 26.3 Å². The lowest BCUT2D eigenvalue weighted by molar-refractivity contribution is -0.152. The van der Waals surface area contributed by atoms with Crippen molar-refractivity contribution in [3.05, 3.63) is 84.2 Å². The molecule has 1 aromatic heterocycles.